The molecule has 0 aromatic heterocycles. The SMILES string of the molecule is CCC(I)O[Si](c1ccccc1)(c1ccccc1)C(C)(C)C. The van der Waals surface area contributed by atoms with Crippen LogP contribution in [0.15, 0.2) is 60.7 Å². The Kier molecular flexibility index (Phi) is 5.86. The van der Waals surface area contributed by atoms with E-state index in [-0.39, 0.29) is 9.15 Å². The second-order valence-corrected chi connectivity index (χ2v) is 12.2. The Hall–Kier alpha value is -0.653. The lowest BCUT2D eigenvalue weighted by molar-refractivity contribution is 0.280. The molecule has 0 N–H and O–H groups in total. The predicted molar refractivity (Wildman–Crippen MR) is 107 cm³/mol. The van der Waals surface area contributed by atoms with Crippen LogP contribution < -0.4 is 10.4 Å². The third-order valence-corrected chi connectivity index (χ3v) is 10.7. The maximum absolute atomic E-state index is 6.85. The van der Waals surface area contributed by atoms with Gasteiger partial charge in [-0.2, -0.15) is 0 Å². The van der Waals surface area contributed by atoms with Gasteiger partial charge in [0, 0.05) is 0 Å². The van der Waals surface area contributed by atoms with Crippen molar-refractivity contribution in [1.82, 2.24) is 0 Å². The van der Waals surface area contributed by atoms with Gasteiger partial charge >= 0.3 is 0 Å². The van der Waals surface area contributed by atoms with Crippen molar-refractivity contribution in [2.24, 2.45) is 0 Å². The summed E-state index contributed by atoms with van der Waals surface area (Å²) in [5.41, 5.74) is 0. The van der Waals surface area contributed by atoms with Crippen LogP contribution in [0, 0.1) is 0 Å². The van der Waals surface area contributed by atoms with Crippen molar-refractivity contribution in [2.75, 3.05) is 0 Å². The molecular weight excluding hydrogens is 399 g/mol. The van der Waals surface area contributed by atoms with E-state index in [0.29, 0.717) is 0 Å². The Morgan fingerprint density at radius 3 is 1.64 bits per heavy atom. The fourth-order valence-corrected chi connectivity index (χ4v) is 8.68. The van der Waals surface area contributed by atoms with Crippen molar-refractivity contribution in [1.29, 1.82) is 0 Å². The van der Waals surface area contributed by atoms with Crippen LogP contribution in [0.1, 0.15) is 34.1 Å². The maximum Gasteiger partial charge on any atom is 0.262 e. The number of benzene rings is 2. The van der Waals surface area contributed by atoms with E-state index in [2.05, 4.69) is 111 Å². The lowest BCUT2D eigenvalue weighted by atomic mass is 10.2. The van der Waals surface area contributed by atoms with E-state index in [1.54, 1.807) is 0 Å². The average Bonchev–Trinajstić information content (AvgIpc) is 2.52. The molecule has 0 aliphatic rings. The molecule has 0 saturated heterocycles. The standard InChI is InChI=1S/C19H25IOSi/c1-5-18(20)21-22(19(2,3)4,16-12-8-6-9-13-16)17-14-10-7-11-15-17/h6-15,18H,5H2,1-4H3. The van der Waals surface area contributed by atoms with E-state index in [9.17, 15) is 0 Å². The summed E-state index contributed by atoms with van der Waals surface area (Å²) < 4.78 is 7.08. The van der Waals surface area contributed by atoms with E-state index in [4.69, 9.17) is 4.43 Å². The zero-order valence-corrected chi connectivity index (χ0v) is 17.0. The van der Waals surface area contributed by atoms with Gasteiger partial charge in [-0.15, -0.1) is 0 Å². The lowest BCUT2D eigenvalue weighted by Gasteiger charge is -2.44. The molecule has 3 heteroatoms. The molecule has 1 nitrogen and oxygen atoms in total. The normalized spacial score (nSPS) is 13.9. The number of hydrogen-bond acceptors (Lipinski definition) is 1. The third kappa shape index (κ3) is 3.47. The average molecular weight is 424 g/mol. The van der Waals surface area contributed by atoms with Gasteiger partial charge in [0.05, 0.1) is 4.11 Å². The molecule has 2 rings (SSSR count). The van der Waals surface area contributed by atoms with E-state index in [0.717, 1.165) is 6.42 Å². The fraction of sp³-hybridized carbons (Fsp3) is 0.368. The Morgan fingerprint density at radius 2 is 1.32 bits per heavy atom. The molecule has 1 atom stereocenters. The highest BCUT2D eigenvalue weighted by Gasteiger charge is 2.51. The molecule has 2 aromatic carbocycles. The van der Waals surface area contributed by atoms with Crippen molar-refractivity contribution in [3.8, 4) is 0 Å². The summed E-state index contributed by atoms with van der Waals surface area (Å²) in [6.45, 7) is 9.14. The summed E-state index contributed by atoms with van der Waals surface area (Å²) in [5, 5.41) is 2.77. The van der Waals surface area contributed by atoms with Gasteiger partial charge in [-0.3, -0.25) is 0 Å². The first-order valence-corrected chi connectivity index (χ1v) is 11.0. The molecule has 0 aliphatic heterocycles. The molecule has 0 spiro atoms. The number of halogens is 1. The number of rotatable bonds is 5. The minimum Gasteiger partial charge on any atom is -0.396 e. The van der Waals surface area contributed by atoms with Crippen molar-refractivity contribution in [3.05, 3.63) is 60.7 Å². The Bertz CT molecular complexity index is 538. The van der Waals surface area contributed by atoms with Crippen molar-refractivity contribution in [2.45, 2.75) is 43.3 Å². The van der Waals surface area contributed by atoms with Gasteiger partial charge in [0.2, 0.25) is 0 Å². The molecule has 0 heterocycles. The monoisotopic (exact) mass is 424 g/mol. The molecule has 0 saturated carbocycles. The zero-order valence-electron chi connectivity index (χ0n) is 13.8. The Morgan fingerprint density at radius 1 is 0.909 bits per heavy atom. The molecule has 118 valence electrons. The first kappa shape index (κ1) is 17.7. The summed E-state index contributed by atoms with van der Waals surface area (Å²) in [6, 6.07) is 21.6. The summed E-state index contributed by atoms with van der Waals surface area (Å²) >= 11 is 2.44. The molecule has 2 aromatic rings. The highest BCUT2D eigenvalue weighted by Crippen LogP contribution is 2.38. The van der Waals surface area contributed by atoms with Crippen LogP contribution in [0.25, 0.3) is 0 Å². The summed E-state index contributed by atoms with van der Waals surface area (Å²) in [7, 11) is -2.34. The molecule has 0 radical (unpaired) electrons. The second-order valence-electron chi connectivity index (χ2n) is 6.60. The van der Waals surface area contributed by atoms with Gasteiger partial charge in [0.1, 0.15) is 0 Å². The van der Waals surface area contributed by atoms with Gasteiger partial charge in [-0.1, -0.05) is 111 Å². The van der Waals surface area contributed by atoms with Crippen molar-refractivity contribution in [3.63, 3.8) is 0 Å². The second kappa shape index (κ2) is 7.28. The van der Waals surface area contributed by atoms with Gasteiger partial charge in [0.25, 0.3) is 8.32 Å². The predicted octanol–water partition coefficient (Wildman–Crippen LogP) is 4.73. The molecule has 0 amide bonds. The minimum atomic E-state index is -2.34. The zero-order chi connectivity index (χ0) is 16.2. The highest BCUT2D eigenvalue weighted by atomic mass is 127. The van der Waals surface area contributed by atoms with Crippen LogP contribution in [0.2, 0.25) is 5.04 Å². The molecule has 0 aliphatic carbocycles. The van der Waals surface area contributed by atoms with Gasteiger partial charge in [-0.25, -0.2) is 0 Å². The van der Waals surface area contributed by atoms with Crippen molar-refractivity contribution >= 4 is 41.3 Å². The van der Waals surface area contributed by atoms with Crippen LogP contribution in [-0.4, -0.2) is 12.4 Å². The maximum atomic E-state index is 6.85. The van der Waals surface area contributed by atoms with Gasteiger partial charge in [0.15, 0.2) is 0 Å². The van der Waals surface area contributed by atoms with Gasteiger partial charge < -0.3 is 4.43 Å². The van der Waals surface area contributed by atoms with Crippen LogP contribution in [-0.2, 0) is 4.43 Å². The quantitative estimate of drug-likeness (QED) is 0.383. The lowest BCUT2D eigenvalue weighted by Crippen LogP contribution is -2.67. The van der Waals surface area contributed by atoms with Crippen LogP contribution in [0.4, 0.5) is 0 Å². The summed E-state index contributed by atoms with van der Waals surface area (Å²) in [4.78, 5) is 0. The van der Waals surface area contributed by atoms with Crippen LogP contribution >= 0.6 is 22.6 Å². The van der Waals surface area contributed by atoms with E-state index in [1.165, 1.54) is 10.4 Å². The summed E-state index contributed by atoms with van der Waals surface area (Å²) in [5.74, 6) is 0. The first-order chi connectivity index (χ1) is 10.4. The molecule has 0 bridgehead atoms. The molecule has 1 unspecified atom stereocenters. The number of alkyl halides is 1. The molecule has 0 fully saturated rings. The minimum absolute atomic E-state index is 0.0638. The third-order valence-electron chi connectivity index (χ3n) is 4.04. The van der Waals surface area contributed by atoms with Crippen molar-refractivity contribution < 1.29 is 4.43 Å². The number of hydrogen-bond donors (Lipinski definition) is 0. The highest BCUT2D eigenvalue weighted by molar-refractivity contribution is 14.1. The Labute approximate surface area is 149 Å². The molecule has 22 heavy (non-hydrogen) atoms. The van der Waals surface area contributed by atoms with Crippen LogP contribution in [0.3, 0.4) is 0 Å². The first-order valence-electron chi connectivity index (χ1n) is 7.84. The fourth-order valence-electron chi connectivity index (χ4n) is 2.97. The largest absolute Gasteiger partial charge is 0.396 e. The Balaban J connectivity index is 2.70. The van der Waals surface area contributed by atoms with Gasteiger partial charge in [-0.05, 0) is 21.8 Å². The van der Waals surface area contributed by atoms with E-state index >= 15 is 0 Å². The van der Waals surface area contributed by atoms with E-state index < -0.39 is 8.32 Å². The molecular formula is C19H25IOSi. The van der Waals surface area contributed by atoms with E-state index in [1.807, 2.05) is 0 Å². The smallest absolute Gasteiger partial charge is 0.262 e. The summed E-state index contributed by atoms with van der Waals surface area (Å²) in [6.07, 6.45) is 1.02. The van der Waals surface area contributed by atoms with Crippen LogP contribution in [0.5, 0.6) is 0 Å². The topological polar surface area (TPSA) is 9.23 Å².